The fourth-order valence-corrected chi connectivity index (χ4v) is 2.21. The Hall–Kier alpha value is -2.05. The molecular weight excluding hydrogens is 351 g/mol. The SMILES string of the molecule is CN(NC(=O)C(C)(C)CCl)c1cnn(-c2ccccc2)c(=O)c1Cl. The van der Waals surface area contributed by atoms with Crippen molar-refractivity contribution in [2.45, 2.75) is 13.8 Å². The molecule has 2 rings (SSSR count). The number of hydrazine groups is 1. The summed E-state index contributed by atoms with van der Waals surface area (Å²) in [5.74, 6) is -0.128. The maximum Gasteiger partial charge on any atom is 0.292 e. The number of carbonyl (C=O) groups is 1. The fraction of sp³-hybridized carbons (Fsp3) is 0.312. The van der Waals surface area contributed by atoms with Crippen molar-refractivity contribution in [2.24, 2.45) is 5.41 Å². The molecule has 2 aromatic rings. The molecule has 0 saturated heterocycles. The van der Waals surface area contributed by atoms with Crippen molar-refractivity contribution < 1.29 is 4.79 Å². The number of nitrogens with one attached hydrogen (secondary N) is 1. The van der Waals surface area contributed by atoms with Crippen LogP contribution in [0.1, 0.15) is 13.8 Å². The summed E-state index contributed by atoms with van der Waals surface area (Å²) < 4.78 is 1.20. The first-order chi connectivity index (χ1) is 11.3. The Morgan fingerprint density at radius 3 is 2.54 bits per heavy atom. The van der Waals surface area contributed by atoms with Crippen LogP contribution in [0.25, 0.3) is 5.69 Å². The molecule has 0 saturated carbocycles. The van der Waals surface area contributed by atoms with Crippen molar-refractivity contribution >= 4 is 34.8 Å². The van der Waals surface area contributed by atoms with E-state index in [2.05, 4.69) is 10.5 Å². The van der Waals surface area contributed by atoms with Gasteiger partial charge in [-0.15, -0.1) is 11.6 Å². The van der Waals surface area contributed by atoms with E-state index in [9.17, 15) is 9.59 Å². The van der Waals surface area contributed by atoms with Gasteiger partial charge in [-0.25, -0.2) is 0 Å². The van der Waals surface area contributed by atoms with Crippen LogP contribution in [0.4, 0.5) is 5.69 Å². The molecule has 1 heterocycles. The van der Waals surface area contributed by atoms with Gasteiger partial charge in [-0.2, -0.15) is 9.78 Å². The third-order valence-corrected chi connectivity index (χ3v) is 4.50. The van der Waals surface area contributed by atoms with E-state index in [1.54, 1.807) is 45.2 Å². The number of anilines is 1. The molecule has 1 aromatic heterocycles. The fourth-order valence-electron chi connectivity index (χ4n) is 1.84. The summed E-state index contributed by atoms with van der Waals surface area (Å²) in [5.41, 5.74) is 2.32. The summed E-state index contributed by atoms with van der Waals surface area (Å²) in [4.78, 5) is 24.6. The molecule has 0 aliphatic rings. The standard InChI is InChI=1S/C16H18Cl2N4O2/c1-16(2,10-17)15(24)20-21(3)12-9-19-22(14(23)13(12)18)11-7-5-4-6-8-11/h4-9H,10H2,1-3H3,(H,20,24). The van der Waals surface area contributed by atoms with Gasteiger partial charge in [-0.1, -0.05) is 29.8 Å². The molecule has 24 heavy (non-hydrogen) atoms. The Morgan fingerprint density at radius 1 is 1.33 bits per heavy atom. The van der Waals surface area contributed by atoms with Crippen LogP contribution in [-0.2, 0) is 4.79 Å². The topological polar surface area (TPSA) is 67.2 Å². The lowest BCUT2D eigenvalue weighted by atomic mass is 9.96. The number of rotatable bonds is 5. The first-order valence-electron chi connectivity index (χ1n) is 7.22. The minimum atomic E-state index is -0.755. The van der Waals surface area contributed by atoms with Crippen molar-refractivity contribution in [3.8, 4) is 5.69 Å². The predicted molar refractivity (Wildman–Crippen MR) is 95.9 cm³/mol. The van der Waals surface area contributed by atoms with E-state index >= 15 is 0 Å². The summed E-state index contributed by atoms with van der Waals surface area (Å²) in [6, 6.07) is 8.93. The zero-order valence-electron chi connectivity index (χ0n) is 13.6. The first kappa shape index (κ1) is 18.3. The molecule has 1 amide bonds. The maximum atomic E-state index is 12.4. The normalized spacial score (nSPS) is 11.2. The zero-order valence-corrected chi connectivity index (χ0v) is 15.1. The van der Waals surface area contributed by atoms with Gasteiger partial charge in [0.15, 0.2) is 0 Å². The van der Waals surface area contributed by atoms with Crippen molar-refractivity contribution in [1.82, 2.24) is 15.2 Å². The highest BCUT2D eigenvalue weighted by Gasteiger charge is 2.28. The van der Waals surface area contributed by atoms with Crippen LogP contribution < -0.4 is 16.0 Å². The molecule has 128 valence electrons. The Labute approximate surface area is 150 Å². The monoisotopic (exact) mass is 368 g/mol. The van der Waals surface area contributed by atoms with Gasteiger partial charge in [0.1, 0.15) is 10.7 Å². The molecule has 0 radical (unpaired) electrons. The van der Waals surface area contributed by atoms with Gasteiger partial charge in [-0.05, 0) is 26.0 Å². The third kappa shape index (κ3) is 3.71. The number of amides is 1. The molecule has 0 spiro atoms. The smallest absolute Gasteiger partial charge is 0.285 e. The number of hydrogen-bond donors (Lipinski definition) is 1. The lowest BCUT2D eigenvalue weighted by Crippen LogP contribution is -2.47. The summed E-state index contributed by atoms with van der Waals surface area (Å²) in [7, 11) is 1.58. The van der Waals surface area contributed by atoms with Crippen LogP contribution in [0.3, 0.4) is 0 Å². The quantitative estimate of drug-likeness (QED) is 0.650. The number of benzene rings is 1. The second-order valence-corrected chi connectivity index (χ2v) is 6.56. The van der Waals surface area contributed by atoms with Gasteiger partial charge in [0.2, 0.25) is 5.91 Å². The average molecular weight is 369 g/mol. The lowest BCUT2D eigenvalue weighted by molar-refractivity contribution is -0.128. The molecule has 1 aromatic carbocycles. The number of aromatic nitrogens is 2. The van der Waals surface area contributed by atoms with Crippen LogP contribution in [0.2, 0.25) is 5.02 Å². The van der Waals surface area contributed by atoms with E-state index in [1.807, 2.05) is 6.07 Å². The van der Waals surface area contributed by atoms with Crippen LogP contribution in [0.15, 0.2) is 41.3 Å². The largest absolute Gasteiger partial charge is 0.292 e. The highest BCUT2D eigenvalue weighted by Crippen LogP contribution is 2.21. The number of hydrogen-bond acceptors (Lipinski definition) is 4. The van der Waals surface area contributed by atoms with Crippen molar-refractivity contribution in [3.63, 3.8) is 0 Å². The van der Waals surface area contributed by atoms with Gasteiger partial charge < -0.3 is 0 Å². The predicted octanol–water partition coefficient (Wildman–Crippen LogP) is 2.62. The average Bonchev–Trinajstić information content (AvgIpc) is 2.57. The molecule has 0 aliphatic carbocycles. The number of nitrogens with zero attached hydrogens (tertiary/aromatic N) is 3. The summed E-state index contributed by atoms with van der Waals surface area (Å²) >= 11 is 12.0. The maximum absolute atomic E-state index is 12.4. The molecular formula is C16H18Cl2N4O2. The van der Waals surface area contributed by atoms with Crippen LogP contribution in [0.5, 0.6) is 0 Å². The van der Waals surface area contributed by atoms with Crippen LogP contribution in [-0.4, -0.2) is 28.6 Å². The highest BCUT2D eigenvalue weighted by molar-refractivity contribution is 6.33. The van der Waals surface area contributed by atoms with Gasteiger partial charge >= 0.3 is 0 Å². The number of alkyl halides is 1. The van der Waals surface area contributed by atoms with Crippen molar-refractivity contribution in [1.29, 1.82) is 0 Å². The Balaban J connectivity index is 2.31. The molecule has 0 atom stereocenters. The van der Waals surface area contributed by atoms with Gasteiger partial charge in [-0.3, -0.25) is 20.0 Å². The van der Waals surface area contributed by atoms with Gasteiger partial charge in [0, 0.05) is 12.9 Å². The van der Waals surface area contributed by atoms with E-state index in [1.165, 1.54) is 15.9 Å². The van der Waals surface area contributed by atoms with Crippen molar-refractivity contribution in [2.75, 3.05) is 17.9 Å². The second kappa shape index (κ2) is 7.23. The Kier molecular flexibility index (Phi) is 5.51. The summed E-state index contributed by atoms with van der Waals surface area (Å²) in [6.45, 7) is 3.44. The second-order valence-electron chi connectivity index (χ2n) is 5.91. The van der Waals surface area contributed by atoms with E-state index in [0.29, 0.717) is 11.4 Å². The Bertz CT molecular complexity index is 790. The number of carbonyl (C=O) groups excluding carboxylic acids is 1. The molecule has 0 aliphatic heterocycles. The molecule has 0 fully saturated rings. The van der Waals surface area contributed by atoms with Crippen molar-refractivity contribution in [3.05, 3.63) is 51.9 Å². The summed E-state index contributed by atoms with van der Waals surface area (Å²) in [5, 5.41) is 5.44. The third-order valence-electron chi connectivity index (χ3n) is 3.48. The minimum Gasteiger partial charge on any atom is -0.285 e. The molecule has 8 heteroatoms. The van der Waals surface area contributed by atoms with Crippen LogP contribution >= 0.6 is 23.2 Å². The minimum absolute atomic E-state index is 0.0414. The molecule has 0 unspecified atom stereocenters. The summed E-state index contributed by atoms with van der Waals surface area (Å²) in [6.07, 6.45) is 1.42. The number of para-hydroxylation sites is 1. The van der Waals surface area contributed by atoms with Gasteiger partial charge in [0.05, 0.1) is 17.3 Å². The molecule has 1 N–H and O–H groups in total. The van der Waals surface area contributed by atoms with E-state index in [-0.39, 0.29) is 16.8 Å². The molecule has 6 nitrogen and oxygen atoms in total. The Morgan fingerprint density at radius 2 is 1.96 bits per heavy atom. The van der Waals surface area contributed by atoms with E-state index < -0.39 is 11.0 Å². The highest BCUT2D eigenvalue weighted by atomic mass is 35.5. The lowest BCUT2D eigenvalue weighted by Gasteiger charge is -2.27. The number of halogens is 2. The van der Waals surface area contributed by atoms with Crippen LogP contribution in [0, 0.1) is 5.41 Å². The molecule has 0 bridgehead atoms. The first-order valence-corrected chi connectivity index (χ1v) is 8.13. The van der Waals surface area contributed by atoms with E-state index in [4.69, 9.17) is 23.2 Å². The van der Waals surface area contributed by atoms with E-state index in [0.717, 1.165) is 0 Å². The zero-order chi connectivity index (χ0) is 17.9. The van der Waals surface area contributed by atoms with Gasteiger partial charge in [0.25, 0.3) is 5.56 Å².